The summed E-state index contributed by atoms with van der Waals surface area (Å²) in [5.74, 6) is 0.310. The zero-order valence-corrected chi connectivity index (χ0v) is 8.69. The van der Waals surface area contributed by atoms with E-state index >= 15 is 0 Å². The number of hydrogen-bond donors (Lipinski definition) is 1. The van der Waals surface area contributed by atoms with Gasteiger partial charge in [-0.2, -0.15) is 0 Å². The van der Waals surface area contributed by atoms with Crippen LogP contribution in [0, 0.1) is 11.8 Å². The molecule has 3 heteroatoms. The summed E-state index contributed by atoms with van der Waals surface area (Å²) in [6.45, 7) is 0. The lowest BCUT2D eigenvalue weighted by molar-refractivity contribution is -0.143. The van der Waals surface area contributed by atoms with Crippen molar-refractivity contribution in [2.24, 2.45) is 11.8 Å². The molecule has 15 heavy (non-hydrogen) atoms. The molecule has 1 saturated carbocycles. The van der Waals surface area contributed by atoms with Crippen LogP contribution in [0.3, 0.4) is 0 Å². The third-order valence-corrected chi connectivity index (χ3v) is 4.06. The van der Waals surface area contributed by atoms with Crippen LogP contribution in [-0.2, 0) is 9.53 Å². The number of carbonyl (C=O) groups is 1. The standard InChI is InChI=1S/C12H16O3/c13-10-5-4-7-2-1-3-8(7)12-9(10)6-11(14)15-12/h4,8-10,12-13H,1-3,5-6H2/t8-,9+,10-,12+/m1/s1. The third kappa shape index (κ3) is 1.41. The average Bonchev–Trinajstić information content (AvgIpc) is 2.77. The van der Waals surface area contributed by atoms with E-state index in [0.29, 0.717) is 18.8 Å². The van der Waals surface area contributed by atoms with Crippen molar-refractivity contribution >= 4 is 5.97 Å². The molecule has 1 saturated heterocycles. The first kappa shape index (κ1) is 9.40. The van der Waals surface area contributed by atoms with Gasteiger partial charge in [0.25, 0.3) is 0 Å². The van der Waals surface area contributed by atoms with Crippen molar-refractivity contribution in [3.05, 3.63) is 11.6 Å². The fourth-order valence-corrected chi connectivity index (χ4v) is 3.30. The molecule has 4 atom stereocenters. The number of aliphatic hydroxyl groups is 1. The Kier molecular flexibility index (Phi) is 2.09. The molecule has 0 bridgehead atoms. The lowest BCUT2D eigenvalue weighted by Crippen LogP contribution is -2.31. The maximum Gasteiger partial charge on any atom is 0.306 e. The Morgan fingerprint density at radius 2 is 2.33 bits per heavy atom. The summed E-state index contributed by atoms with van der Waals surface area (Å²) in [6.07, 6.45) is 6.29. The summed E-state index contributed by atoms with van der Waals surface area (Å²) in [4.78, 5) is 11.3. The van der Waals surface area contributed by atoms with E-state index < -0.39 is 0 Å². The van der Waals surface area contributed by atoms with E-state index in [-0.39, 0.29) is 24.1 Å². The first-order chi connectivity index (χ1) is 7.25. The highest BCUT2D eigenvalue weighted by Gasteiger charge is 2.46. The summed E-state index contributed by atoms with van der Waals surface area (Å²) in [5.41, 5.74) is 1.41. The second-order valence-corrected chi connectivity index (χ2v) is 4.90. The number of aliphatic hydroxyl groups excluding tert-OH is 1. The summed E-state index contributed by atoms with van der Waals surface area (Å²) in [7, 11) is 0. The normalized spacial score (nSPS) is 44.1. The van der Waals surface area contributed by atoms with Gasteiger partial charge in [0.15, 0.2) is 0 Å². The molecule has 0 aromatic carbocycles. The van der Waals surface area contributed by atoms with Crippen molar-refractivity contribution in [1.82, 2.24) is 0 Å². The molecule has 1 N–H and O–H groups in total. The highest BCUT2D eigenvalue weighted by Crippen LogP contribution is 2.44. The Labute approximate surface area is 89.1 Å². The Morgan fingerprint density at radius 1 is 1.47 bits per heavy atom. The maximum atomic E-state index is 11.3. The zero-order chi connectivity index (χ0) is 10.4. The number of rotatable bonds is 0. The quantitative estimate of drug-likeness (QED) is 0.483. The number of hydrogen-bond acceptors (Lipinski definition) is 3. The second kappa shape index (κ2) is 3.34. The van der Waals surface area contributed by atoms with Gasteiger partial charge in [-0.1, -0.05) is 11.6 Å². The van der Waals surface area contributed by atoms with E-state index in [4.69, 9.17) is 4.74 Å². The van der Waals surface area contributed by atoms with Crippen molar-refractivity contribution in [2.45, 2.75) is 44.3 Å². The Hall–Kier alpha value is -0.830. The first-order valence-corrected chi connectivity index (χ1v) is 5.82. The minimum atomic E-state index is -0.389. The number of ether oxygens (including phenoxy) is 1. The fourth-order valence-electron chi connectivity index (χ4n) is 3.30. The molecule has 0 aromatic heterocycles. The van der Waals surface area contributed by atoms with Gasteiger partial charge in [-0.25, -0.2) is 0 Å². The predicted octanol–water partition coefficient (Wildman–Crippen LogP) is 1.41. The molecule has 0 radical (unpaired) electrons. The Bertz CT molecular complexity index is 321. The van der Waals surface area contributed by atoms with Crippen molar-refractivity contribution in [2.75, 3.05) is 0 Å². The van der Waals surface area contributed by atoms with Crippen LogP contribution < -0.4 is 0 Å². The lowest BCUT2D eigenvalue weighted by atomic mass is 9.86. The van der Waals surface area contributed by atoms with Crippen LogP contribution in [0.1, 0.15) is 32.1 Å². The summed E-state index contributed by atoms with van der Waals surface area (Å²) in [5, 5.41) is 9.96. The van der Waals surface area contributed by atoms with Crippen LogP contribution in [0.5, 0.6) is 0 Å². The fraction of sp³-hybridized carbons (Fsp3) is 0.750. The second-order valence-electron chi connectivity index (χ2n) is 4.90. The smallest absolute Gasteiger partial charge is 0.306 e. The molecule has 3 nitrogen and oxygen atoms in total. The van der Waals surface area contributed by atoms with Gasteiger partial charge in [-0.05, 0) is 25.7 Å². The summed E-state index contributed by atoms with van der Waals surface area (Å²) >= 11 is 0. The molecule has 1 heterocycles. The maximum absolute atomic E-state index is 11.3. The number of fused-ring (bicyclic) bond motifs is 3. The van der Waals surface area contributed by atoms with Crippen molar-refractivity contribution in [3.63, 3.8) is 0 Å². The SMILES string of the molecule is O=C1C[C@@H]2[C@@H](O1)[C@@H]1CCCC1=CC[C@H]2O. The van der Waals surface area contributed by atoms with E-state index in [1.165, 1.54) is 12.0 Å². The Morgan fingerprint density at radius 3 is 3.20 bits per heavy atom. The minimum absolute atomic E-state index is 0.0364. The van der Waals surface area contributed by atoms with Gasteiger partial charge in [0.2, 0.25) is 0 Å². The minimum Gasteiger partial charge on any atom is -0.461 e. The van der Waals surface area contributed by atoms with Crippen LogP contribution in [0.15, 0.2) is 11.6 Å². The highest BCUT2D eigenvalue weighted by atomic mass is 16.6. The first-order valence-electron chi connectivity index (χ1n) is 5.82. The van der Waals surface area contributed by atoms with Crippen LogP contribution in [0.25, 0.3) is 0 Å². The molecular formula is C12H16O3. The van der Waals surface area contributed by atoms with E-state index in [1.54, 1.807) is 0 Å². The van der Waals surface area contributed by atoms with Gasteiger partial charge in [0.1, 0.15) is 6.10 Å². The largest absolute Gasteiger partial charge is 0.461 e. The molecule has 2 aliphatic carbocycles. The third-order valence-electron chi connectivity index (χ3n) is 4.06. The molecule has 0 spiro atoms. The molecule has 3 aliphatic rings. The monoisotopic (exact) mass is 208 g/mol. The van der Waals surface area contributed by atoms with Gasteiger partial charge in [-0.3, -0.25) is 4.79 Å². The van der Waals surface area contributed by atoms with Crippen molar-refractivity contribution < 1.29 is 14.6 Å². The van der Waals surface area contributed by atoms with Crippen molar-refractivity contribution in [3.8, 4) is 0 Å². The molecular weight excluding hydrogens is 192 g/mol. The van der Waals surface area contributed by atoms with Crippen LogP contribution in [-0.4, -0.2) is 23.3 Å². The predicted molar refractivity (Wildman–Crippen MR) is 54.0 cm³/mol. The van der Waals surface area contributed by atoms with Gasteiger partial charge >= 0.3 is 5.97 Å². The zero-order valence-electron chi connectivity index (χ0n) is 8.69. The van der Waals surface area contributed by atoms with Crippen LogP contribution >= 0.6 is 0 Å². The summed E-state index contributed by atoms with van der Waals surface area (Å²) in [6, 6.07) is 0. The van der Waals surface area contributed by atoms with E-state index in [9.17, 15) is 9.90 Å². The molecule has 2 fully saturated rings. The van der Waals surface area contributed by atoms with Gasteiger partial charge < -0.3 is 9.84 Å². The van der Waals surface area contributed by atoms with E-state index in [0.717, 1.165) is 12.8 Å². The molecule has 0 amide bonds. The van der Waals surface area contributed by atoms with E-state index in [2.05, 4.69) is 6.08 Å². The number of carbonyl (C=O) groups excluding carboxylic acids is 1. The van der Waals surface area contributed by atoms with Crippen LogP contribution in [0.4, 0.5) is 0 Å². The van der Waals surface area contributed by atoms with Crippen LogP contribution in [0.2, 0.25) is 0 Å². The van der Waals surface area contributed by atoms with Gasteiger partial charge in [0.05, 0.1) is 12.5 Å². The molecule has 1 aliphatic heterocycles. The lowest BCUT2D eigenvalue weighted by Gasteiger charge is -2.24. The van der Waals surface area contributed by atoms with Gasteiger partial charge in [-0.15, -0.1) is 0 Å². The topological polar surface area (TPSA) is 46.5 Å². The van der Waals surface area contributed by atoms with Crippen molar-refractivity contribution in [1.29, 1.82) is 0 Å². The highest BCUT2D eigenvalue weighted by molar-refractivity contribution is 5.72. The van der Waals surface area contributed by atoms with Gasteiger partial charge in [0, 0.05) is 11.8 Å². The molecule has 0 aromatic rings. The van der Waals surface area contributed by atoms with E-state index in [1.807, 2.05) is 0 Å². The molecule has 3 rings (SSSR count). The summed E-state index contributed by atoms with van der Waals surface area (Å²) < 4.78 is 5.39. The average molecular weight is 208 g/mol. The Balaban J connectivity index is 1.93. The molecule has 82 valence electrons. The number of esters is 1. The molecule has 0 unspecified atom stereocenters.